The van der Waals surface area contributed by atoms with Gasteiger partial charge in [0.2, 0.25) is 0 Å². The zero-order valence-electron chi connectivity index (χ0n) is 8.17. The molecule has 14 heavy (non-hydrogen) atoms. The summed E-state index contributed by atoms with van der Waals surface area (Å²) in [5, 5.41) is 1.75. The van der Waals surface area contributed by atoms with Gasteiger partial charge in [-0.2, -0.15) is 0 Å². The van der Waals surface area contributed by atoms with Gasteiger partial charge in [0.05, 0.1) is 6.61 Å². The first-order valence-electron chi connectivity index (χ1n) is 4.55. The highest BCUT2D eigenvalue weighted by atomic mass is 79.9. The van der Waals surface area contributed by atoms with Crippen molar-refractivity contribution in [2.24, 2.45) is 5.92 Å². The number of hydrogen-bond acceptors (Lipinski definition) is 1. The van der Waals surface area contributed by atoms with Gasteiger partial charge in [-0.3, -0.25) is 0 Å². The maximum absolute atomic E-state index is 5.81. The van der Waals surface area contributed by atoms with E-state index in [2.05, 4.69) is 28.1 Å². The standard InChI is InChI=1S/C11H14BrClO/c1-14-8-10(7-12)6-9-2-4-11(13)5-3-9/h2-5,10H,6-8H2,1H3. The van der Waals surface area contributed by atoms with Crippen molar-refractivity contribution in [3.63, 3.8) is 0 Å². The van der Waals surface area contributed by atoms with Gasteiger partial charge in [0, 0.05) is 17.5 Å². The number of ether oxygens (including phenoxy) is 1. The lowest BCUT2D eigenvalue weighted by atomic mass is 10.0. The average Bonchev–Trinajstić information content (AvgIpc) is 2.20. The molecule has 0 spiro atoms. The van der Waals surface area contributed by atoms with Crippen LogP contribution in [0.4, 0.5) is 0 Å². The Labute approximate surface area is 98.5 Å². The number of benzene rings is 1. The highest BCUT2D eigenvalue weighted by Gasteiger charge is 2.07. The molecule has 0 N–H and O–H groups in total. The summed E-state index contributed by atoms with van der Waals surface area (Å²) in [7, 11) is 1.73. The van der Waals surface area contributed by atoms with Gasteiger partial charge in [-0.15, -0.1) is 0 Å². The summed E-state index contributed by atoms with van der Waals surface area (Å²) in [5.41, 5.74) is 1.30. The van der Waals surface area contributed by atoms with E-state index in [1.54, 1.807) is 7.11 Å². The molecule has 0 fully saturated rings. The molecule has 0 saturated heterocycles. The molecule has 78 valence electrons. The largest absolute Gasteiger partial charge is 0.384 e. The molecule has 0 aliphatic carbocycles. The summed E-state index contributed by atoms with van der Waals surface area (Å²) in [6.45, 7) is 0.786. The minimum absolute atomic E-state index is 0.529. The Morgan fingerprint density at radius 3 is 2.50 bits per heavy atom. The van der Waals surface area contributed by atoms with Crippen LogP contribution in [0.5, 0.6) is 0 Å². The van der Waals surface area contributed by atoms with Gasteiger partial charge in [0.1, 0.15) is 0 Å². The Hall–Kier alpha value is -0.0500. The number of halogens is 2. The van der Waals surface area contributed by atoms with Crippen LogP contribution in [-0.2, 0) is 11.2 Å². The lowest BCUT2D eigenvalue weighted by Crippen LogP contribution is -2.12. The van der Waals surface area contributed by atoms with Gasteiger partial charge < -0.3 is 4.74 Å². The van der Waals surface area contributed by atoms with E-state index in [0.717, 1.165) is 23.4 Å². The van der Waals surface area contributed by atoms with Crippen LogP contribution >= 0.6 is 27.5 Å². The van der Waals surface area contributed by atoms with Crippen LogP contribution < -0.4 is 0 Å². The average molecular weight is 278 g/mol. The van der Waals surface area contributed by atoms with Gasteiger partial charge in [-0.1, -0.05) is 39.7 Å². The van der Waals surface area contributed by atoms with E-state index in [9.17, 15) is 0 Å². The molecule has 0 aliphatic heterocycles. The fourth-order valence-electron chi connectivity index (χ4n) is 1.35. The lowest BCUT2D eigenvalue weighted by Gasteiger charge is -2.12. The van der Waals surface area contributed by atoms with Gasteiger partial charge in [-0.25, -0.2) is 0 Å². The molecule has 0 radical (unpaired) electrons. The first-order valence-corrected chi connectivity index (χ1v) is 6.05. The van der Waals surface area contributed by atoms with E-state index < -0.39 is 0 Å². The molecule has 0 amide bonds. The molecule has 0 aliphatic rings. The Morgan fingerprint density at radius 2 is 2.00 bits per heavy atom. The van der Waals surface area contributed by atoms with Gasteiger partial charge in [-0.05, 0) is 30.0 Å². The normalized spacial score (nSPS) is 12.8. The van der Waals surface area contributed by atoms with E-state index in [-0.39, 0.29) is 0 Å². The number of methoxy groups -OCH3 is 1. The maximum Gasteiger partial charge on any atom is 0.0501 e. The quantitative estimate of drug-likeness (QED) is 0.748. The van der Waals surface area contributed by atoms with Crippen LogP contribution in [-0.4, -0.2) is 19.0 Å². The SMILES string of the molecule is COCC(CBr)Cc1ccc(Cl)cc1. The first kappa shape index (κ1) is 12.0. The second-order valence-corrected chi connectivity index (χ2v) is 4.39. The van der Waals surface area contributed by atoms with E-state index in [4.69, 9.17) is 16.3 Å². The van der Waals surface area contributed by atoms with Crippen molar-refractivity contribution >= 4 is 27.5 Å². The minimum Gasteiger partial charge on any atom is -0.384 e. The fourth-order valence-corrected chi connectivity index (χ4v) is 1.89. The van der Waals surface area contributed by atoms with Gasteiger partial charge >= 0.3 is 0 Å². The van der Waals surface area contributed by atoms with Crippen LogP contribution in [0.15, 0.2) is 24.3 Å². The van der Waals surface area contributed by atoms with Crippen LogP contribution in [0.3, 0.4) is 0 Å². The highest BCUT2D eigenvalue weighted by molar-refractivity contribution is 9.09. The van der Waals surface area contributed by atoms with E-state index >= 15 is 0 Å². The van der Waals surface area contributed by atoms with Crippen LogP contribution in [0.25, 0.3) is 0 Å². The molecule has 1 unspecified atom stereocenters. The lowest BCUT2D eigenvalue weighted by molar-refractivity contribution is 0.162. The number of hydrogen-bond donors (Lipinski definition) is 0. The molecule has 1 nitrogen and oxygen atoms in total. The number of rotatable bonds is 5. The molecule has 0 bridgehead atoms. The smallest absolute Gasteiger partial charge is 0.0501 e. The first-order chi connectivity index (χ1) is 6.76. The Kier molecular flexibility index (Phi) is 5.53. The van der Waals surface area contributed by atoms with E-state index in [1.165, 1.54) is 5.56 Å². The molecular formula is C11H14BrClO. The molecule has 0 aromatic heterocycles. The Morgan fingerprint density at radius 1 is 1.36 bits per heavy atom. The monoisotopic (exact) mass is 276 g/mol. The van der Waals surface area contributed by atoms with Crippen LogP contribution in [0, 0.1) is 5.92 Å². The Balaban J connectivity index is 2.53. The van der Waals surface area contributed by atoms with Crippen molar-refractivity contribution in [3.8, 4) is 0 Å². The molecule has 1 atom stereocenters. The highest BCUT2D eigenvalue weighted by Crippen LogP contribution is 2.14. The van der Waals surface area contributed by atoms with E-state index in [0.29, 0.717) is 5.92 Å². The van der Waals surface area contributed by atoms with Gasteiger partial charge in [0.15, 0.2) is 0 Å². The second-order valence-electron chi connectivity index (χ2n) is 3.31. The van der Waals surface area contributed by atoms with Gasteiger partial charge in [0.25, 0.3) is 0 Å². The number of alkyl halides is 1. The van der Waals surface area contributed by atoms with E-state index in [1.807, 2.05) is 12.1 Å². The third kappa shape index (κ3) is 3.99. The zero-order valence-corrected chi connectivity index (χ0v) is 10.5. The van der Waals surface area contributed by atoms with Crippen molar-refractivity contribution in [3.05, 3.63) is 34.9 Å². The van der Waals surface area contributed by atoms with Crippen molar-refractivity contribution in [1.82, 2.24) is 0 Å². The molecule has 1 aromatic carbocycles. The topological polar surface area (TPSA) is 9.23 Å². The molecular weight excluding hydrogens is 263 g/mol. The van der Waals surface area contributed by atoms with Crippen molar-refractivity contribution in [2.45, 2.75) is 6.42 Å². The summed E-state index contributed by atoms with van der Waals surface area (Å²) in [6, 6.07) is 7.98. The van der Waals surface area contributed by atoms with Crippen molar-refractivity contribution in [2.75, 3.05) is 19.0 Å². The fraction of sp³-hybridized carbons (Fsp3) is 0.455. The summed E-state index contributed by atoms with van der Waals surface area (Å²) >= 11 is 9.29. The molecule has 0 heterocycles. The minimum atomic E-state index is 0.529. The maximum atomic E-state index is 5.81. The molecule has 1 rings (SSSR count). The summed E-state index contributed by atoms with van der Waals surface area (Å²) < 4.78 is 5.13. The van der Waals surface area contributed by atoms with Crippen molar-refractivity contribution in [1.29, 1.82) is 0 Å². The molecule has 0 saturated carbocycles. The Bertz CT molecular complexity index is 260. The summed E-state index contributed by atoms with van der Waals surface area (Å²) in [4.78, 5) is 0. The molecule has 3 heteroatoms. The third-order valence-corrected chi connectivity index (χ3v) is 3.23. The summed E-state index contributed by atoms with van der Waals surface area (Å²) in [5.74, 6) is 0.529. The predicted octanol–water partition coefficient (Wildman–Crippen LogP) is 3.54. The molecule has 1 aromatic rings. The second kappa shape index (κ2) is 6.44. The third-order valence-electron chi connectivity index (χ3n) is 2.06. The predicted molar refractivity (Wildman–Crippen MR) is 64.3 cm³/mol. The van der Waals surface area contributed by atoms with Crippen molar-refractivity contribution < 1.29 is 4.74 Å². The summed E-state index contributed by atoms with van der Waals surface area (Å²) in [6.07, 6.45) is 1.02. The van der Waals surface area contributed by atoms with Crippen LogP contribution in [0.2, 0.25) is 5.02 Å². The zero-order chi connectivity index (χ0) is 10.4. The van der Waals surface area contributed by atoms with Crippen LogP contribution in [0.1, 0.15) is 5.56 Å².